The SMILES string of the molecule is Cc1sc2nc(SCc3ccccc3[N+](=O)[O-])n(C)c(=O)c2c1C. The third-order valence-electron chi connectivity index (χ3n) is 3.91. The summed E-state index contributed by atoms with van der Waals surface area (Å²) in [5.74, 6) is 0.381. The predicted molar refractivity (Wildman–Crippen MR) is 97.0 cm³/mol. The summed E-state index contributed by atoms with van der Waals surface area (Å²) in [6, 6.07) is 6.62. The molecule has 1 aromatic carbocycles. The van der Waals surface area contributed by atoms with Gasteiger partial charge in [-0.25, -0.2) is 4.98 Å². The van der Waals surface area contributed by atoms with E-state index in [4.69, 9.17) is 0 Å². The van der Waals surface area contributed by atoms with Crippen molar-refractivity contribution in [1.29, 1.82) is 0 Å². The van der Waals surface area contributed by atoms with Crippen molar-refractivity contribution in [3.8, 4) is 0 Å². The van der Waals surface area contributed by atoms with Gasteiger partial charge in [0.2, 0.25) is 0 Å². The summed E-state index contributed by atoms with van der Waals surface area (Å²) in [5.41, 5.74) is 1.59. The number of aromatic nitrogens is 2. The van der Waals surface area contributed by atoms with Gasteiger partial charge in [0.15, 0.2) is 5.16 Å². The summed E-state index contributed by atoms with van der Waals surface area (Å²) < 4.78 is 1.51. The zero-order valence-corrected chi connectivity index (χ0v) is 15.0. The number of benzene rings is 1. The molecule has 0 amide bonds. The fraction of sp³-hybridized carbons (Fsp3) is 0.250. The Labute approximate surface area is 146 Å². The number of fused-ring (bicyclic) bond motifs is 1. The maximum absolute atomic E-state index is 12.6. The van der Waals surface area contributed by atoms with Crippen LogP contribution in [0.25, 0.3) is 10.2 Å². The first-order valence-electron chi connectivity index (χ1n) is 7.22. The Balaban J connectivity index is 1.99. The molecule has 24 heavy (non-hydrogen) atoms. The molecule has 0 unspecified atom stereocenters. The molecule has 3 aromatic rings. The molecule has 2 heterocycles. The fourth-order valence-electron chi connectivity index (χ4n) is 2.44. The quantitative estimate of drug-likeness (QED) is 0.306. The molecule has 0 spiro atoms. The molecule has 0 aliphatic heterocycles. The number of thioether (sulfide) groups is 1. The van der Waals surface area contributed by atoms with Crippen LogP contribution < -0.4 is 5.56 Å². The molecule has 0 saturated carbocycles. The van der Waals surface area contributed by atoms with Crippen molar-refractivity contribution in [2.45, 2.75) is 24.8 Å². The van der Waals surface area contributed by atoms with Crippen molar-refractivity contribution in [3.63, 3.8) is 0 Å². The highest BCUT2D eigenvalue weighted by molar-refractivity contribution is 7.98. The smallest absolute Gasteiger partial charge is 0.273 e. The molecule has 0 fully saturated rings. The van der Waals surface area contributed by atoms with Crippen LogP contribution in [0.3, 0.4) is 0 Å². The van der Waals surface area contributed by atoms with Crippen LogP contribution in [-0.2, 0) is 12.8 Å². The van der Waals surface area contributed by atoms with Gasteiger partial charge in [-0.2, -0.15) is 0 Å². The van der Waals surface area contributed by atoms with E-state index in [1.807, 2.05) is 13.8 Å². The van der Waals surface area contributed by atoms with Gasteiger partial charge in [-0.15, -0.1) is 11.3 Å². The minimum Gasteiger partial charge on any atom is -0.290 e. The molecule has 0 saturated heterocycles. The molecule has 0 atom stereocenters. The number of nitrogens with zero attached hydrogens (tertiary/aromatic N) is 3. The van der Waals surface area contributed by atoms with Crippen LogP contribution in [-0.4, -0.2) is 14.5 Å². The number of nitro groups is 1. The van der Waals surface area contributed by atoms with Gasteiger partial charge in [0.05, 0.1) is 10.3 Å². The third-order valence-corrected chi connectivity index (χ3v) is 6.09. The second-order valence-electron chi connectivity index (χ2n) is 5.40. The lowest BCUT2D eigenvalue weighted by Gasteiger charge is -2.07. The van der Waals surface area contributed by atoms with Crippen LogP contribution in [0.4, 0.5) is 5.69 Å². The minimum atomic E-state index is -0.391. The molecule has 6 nitrogen and oxygen atoms in total. The molecule has 0 bridgehead atoms. The first-order chi connectivity index (χ1) is 11.4. The number of nitro benzene ring substituents is 1. The fourth-order valence-corrected chi connectivity index (χ4v) is 4.48. The van der Waals surface area contributed by atoms with Gasteiger partial charge in [-0.1, -0.05) is 30.0 Å². The van der Waals surface area contributed by atoms with Gasteiger partial charge in [0, 0.05) is 29.3 Å². The largest absolute Gasteiger partial charge is 0.290 e. The zero-order valence-electron chi connectivity index (χ0n) is 13.4. The first kappa shape index (κ1) is 16.7. The summed E-state index contributed by atoms with van der Waals surface area (Å²) in [4.78, 5) is 29.7. The Kier molecular flexibility index (Phi) is 4.42. The Hall–Kier alpha value is -2.19. The number of thiophene rings is 1. The third kappa shape index (κ3) is 2.83. The normalized spacial score (nSPS) is 11.1. The summed E-state index contributed by atoms with van der Waals surface area (Å²) >= 11 is 2.83. The number of aryl methyl sites for hydroxylation is 2. The summed E-state index contributed by atoms with van der Waals surface area (Å²) in [6.07, 6.45) is 0. The number of hydrogen-bond acceptors (Lipinski definition) is 6. The lowest BCUT2D eigenvalue weighted by molar-refractivity contribution is -0.385. The second-order valence-corrected chi connectivity index (χ2v) is 7.54. The zero-order chi connectivity index (χ0) is 17.4. The Morgan fingerprint density at radius 1 is 1.33 bits per heavy atom. The van der Waals surface area contributed by atoms with E-state index >= 15 is 0 Å². The maximum atomic E-state index is 12.6. The van der Waals surface area contributed by atoms with Crippen LogP contribution >= 0.6 is 23.1 Å². The van der Waals surface area contributed by atoms with Gasteiger partial charge in [-0.3, -0.25) is 19.5 Å². The highest BCUT2D eigenvalue weighted by Gasteiger charge is 2.17. The molecule has 8 heteroatoms. The van der Waals surface area contributed by atoms with Gasteiger partial charge < -0.3 is 0 Å². The van der Waals surface area contributed by atoms with E-state index in [9.17, 15) is 14.9 Å². The first-order valence-corrected chi connectivity index (χ1v) is 9.02. The van der Waals surface area contributed by atoms with Crippen LogP contribution in [0.1, 0.15) is 16.0 Å². The van der Waals surface area contributed by atoms with Gasteiger partial charge in [0.25, 0.3) is 11.2 Å². The maximum Gasteiger partial charge on any atom is 0.273 e. The van der Waals surface area contributed by atoms with E-state index < -0.39 is 4.92 Å². The average Bonchev–Trinajstić information content (AvgIpc) is 2.84. The Bertz CT molecular complexity index is 1010. The number of rotatable bonds is 4. The standard InChI is InChI=1S/C16H15N3O3S2/c1-9-10(2)24-14-13(9)15(20)18(3)16(17-14)23-8-11-6-4-5-7-12(11)19(21)22/h4-7H,8H2,1-3H3. The minimum absolute atomic E-state index is 0.0769. The van der Waals surface area contributed by atoms with Crippen molar-refractivity contribution < 1.29 is 4.92 Å². The van der Waals surface area contributed by atoms with E-state index in [0.29, 0.717) is 21.9 Å². The number of para-hydroxylation sites is 1. The summed E-state index contributed by atoms with van der Waals surface area (Å²) in [6.45, 7) is 3.90. The molecular formula is C16H15N3O3S2. The van der Waals surface area contributed by atoms with Crippen molar-refractivity contribution in [3.05, 3.63) is 60.7 Å². The van der Waals surface area contributed by atoms with E-state index in [-0.39, 0.29) is 11.2 Å². The van der Waals surface area contributed by atoms with E-state index in [2.05, 4.69) is 4.98 Å². The van der Waals surface area contributed by atoms with Crippen molar-refractivity contribution in [2.24, 2.45) is 7.05 Å². The molecule has 124 valence electrons. The molecule has 0 aliphatic carbocycles. The lowest BCUT2D eigenvalue weighted by atomic mass is 10.2. The average molecular weight is 361 g/mol. The van der Waals surface area contributed by atoms with Crippen LogP contribution in [0.2, 0.25) is 0 Å². The van der Waals surface area contributed by atoms with Crippen LogP contribution in [0.5, 0.6) is 0 Å². The van der Waals surface area contributed by atoms with Crippen molar-refractivity contribution in [1.82, 2.24) is 9.55 Å². The molecular weight excluding hydrogens is 346 g/mol. The molecule has 0 radical (unpaired) electrons. The predicted octanol–water partition coefficient (Wildman–Crippen LogP) is 3.81. The molecule has 3 rings (SSSR count). The monoisotopic (exact) mass is 361 g/mol. The second kappa shape index (κ2) is 6.37. The van der Waals surface area contributed by atoms with E-state index in [1.54, 1.807) is 25.2 Å². The highest BCUT2D eigenvalue weighted by Crippen LogP contribution is 2.30. The summed E-state index contributed by atoms with van der Waals surface area (Å²) in [7, 11) is 1.68. The molecule has 0 N–H and O–H groups in total. The van der Waals surface area contributed by atoms with Crippen LogP contribution in [0.15, 0.2) is 34.2 Å². The lowest BCUT2D eigenvalue weighted by Crippen LogP contribution is -2.19. The van der Waals surface area contributed by atoms with Gasteiger partial charge in [0.1, 0.15) is 4.83 Å². The van der Waals surface area contributed by atoms with Gasteiger partial charge >= 0.3 is 0 Å². The van der Waals surface area contributed by atoms with Crippen molar-refractivity contribution >= 4 is 39.0 Å². The van der Waals surface area contributed by atoms with E-state index in [0.717, 1.165) is 15.3 Å². The highest BCUT2D eigenvalue weighted by atomic mass is 32.2. The molecule has 0 aliphatic rings. The Morgan fingerprint density at radius 2 is 2.04 bits per heavy atom. The van der Waals surface area contributed by atoms with Crippen molar-refractivity contribution in [2.75, 3.05) is 0 Å². The van der Waals surface area contributed by atoms with E-state index in [1.165, 1.54) is 33.7 Å². The summed E-state index contributed by atoms with van der Waals surface area (Å²) in [5, 5.41) is 12.3. The topological polar surface area (TPSA) is 78.0 Å². The Morgan fingerprint density at radius 3 is 2.75 bits per heavy atom. The van der Waals surface area contributed by atoms with Gasteiger partial charge in [-0.05, 0) is 19.4 Å². The van der Waals surface area contributed by atoms with Crippen LogP contribution in [0, 0.1) is 24.0 Å². The molecule has 2 aromatic heterocycles. The number of hydrogen-bond donors (Lipinski definition) is 0.